The molecule has 0 fully saturated rings. The van der Waals surface area contributed by atoms with Gasteiger partial charge in [0.05, 0.1) is 25.0 Å². The Balaban J connectivity index is 1.80. The monoisotopic (exact) mass is 363 g/mol. The molecule has 6 heteroatoms. The molecule has 0 aliphatic carbocycles. The highest BCUT2D eigenvalue weighted by molar-refractivity contribution is 6.11. The van der Waals surface area contributed by atoms with Crippen LogP contribution in [-0.4, -0.2) is 30.4 Å². The highest BCUT2D eigenvalue weighted by atomic mass is 16.5. The summed E-state index contributed by atoms with van der Waals surface area (Å²) in [5.41, 5.74) is 1.10. The average Bonchev–Trinajstić information content (AvgIpc) is 3.21. The third-order valence-corrected chi connectivity index (χ3v) is 4.50. The van der Waals surface area contributed by atoms with Crippen LogP contribution in [-0.2, 0) is 0 Å². The van der Waals surface area contributed by atoms with Gasteiger partial charge in [0.25, 0.3) is 11.8 Å². The zero-order chi connectivity index (χ0) is 18.8. The normalized spacial score (nSPS) is 16.3. The average molecular weight is 363 g/mol. The van der Waals surface area contributed by atoms with E-state index in [1.165, 1.54) is 11.2 Å². The molecule has 6 nitrogen and oxygen atoms in total. The van der Waals surface area contributed by atoms with E-state index in [9.17, 15) is 9.59 Å². The van der Waals surface area contributed by atoms with Crippen LogP contribution in [0.15, 0.2) is 71.3 Å². The molecular weight excluding hydrogens is 346 g/mol. The van der Waals surface area contributed by atoms with Crippen LogP contribution in [0.5, 0.6) is 11.5 Å². The van der Waals surface area contributed by atoms with Gasteiger partial charge in [0, 0.05) is 0 Å². The number of hydrogen-bond donors (Lipinski definition) is 0. The predicted molar refractivity (Wildman–Crippen MR) is 96.9 cm³/mol. The van der Waals surface area contributed by atoms with Crippen molar-refractivity contribution in [2.75, 3.05) is 13.7 Å². The van der Waals surface area contributed by atoms with E-state index in [1.807, 2.05) is 12.1 Å². The van der Waals surface area contributed by atoms with E-state index in [2.05, 4.69) is 0 Å². The van der Waals surface area contributed by atoms with Crippen LogP contribution in [0.1, 0.15) is 32.5 Å². The van der Waals surface area contributed by atoms with Gasteiger partial charge < -0.3 is 13.9 Å². The van der Waals surface area contributed by atoms with Crippen LogP contribution >= 0.6 is 0 Å². The number of methoxy groups -OCH3 is 1. The third kappa shape index (κ3) is 3.06. The highest BCUT2D eigenvalue weighted by Gasteiger charge is 2.37. The summed E-state index contributed by atoms with van der Waals surface area (Å²) in [6.45, 7) is 0.140. The fourth-order valence-corrected chi connectivity index (χ4v) is 3.11. The number of ether oxygens (including phenoxy) is 2. The second-order valence-corrected chi connectivity index (χ2v) is 6.05. The van der Waals surface area contributed by atoms with Crippen LogP contribution in [0.3, 0.4) is 0 Å². The summed E-state index contributed by atoms with van der Waals surface area (Å²) in [7, 11) is 1.58. The largest absolute Gasteiger partial charge is 0.497 e. The molecule has 1 atom stereocenters. The number of furan rings is 1. The molecule has 1 aromatic heterocycles. The Kier molecular flexibility index (Phi) is 4.38. The van der Waals surface area contributed by atoms with Crippen LogP contribution in [0.25, 0.3) is 0 Å². The summed E-state index contributed by atoms with van der Waals surface area (Å²) < 4.78 is 16.3. The van der Waals surface area contributed by atoms with E-state index < -0.39 is 17.9 Å². The number of fused-ring (bicyclic) bond motifs is 1. The van der Waals surface area contributed by atoms with Crippen molar-refractivity contribution in [1.82, 2.24) is 4.90 Å². The summed E-state index contributed by atoms with van der Waals surface area (Å²) in [6, 6.07) is 16.7. The number of rotatable bonds is 3. The zero-order valence-electron chi connectivity index (χ0n) is 14.6. The van der Waals surface area contributed by atoms with E-state index in [0.29, 0.717) is 17.1 Å². The molecule has 0 radical (unpaired) electrons. The van der Waals surface area contributed by atoms with E-state index in [-0.39, 0.29) is 12.4 Å². The number of carbonyl (C=O) groups excluding carboxylic acids is 2. The van der Waals surface area contributed by atoms with Gasteiger partial charge in [-0.15, -0.1) is 0 Å². The first kappa shape index (κ1) is 16.9. The number of imide groups is 1. The van der Waals surface area contributed by atoms with Crippen molar-refractivity contribution in [3.05, 3.63) is 83.8 Å². The van der Waals surface area contributed by atoms with Gasteiger partial charge in [-0.2, -0.15) is 0 Å². The molecule has 2 amide bonds. The van der Waals surface area contributed by atoms with Gasteiger partial charge in [0.1, 0.15) is 18.1 Å². The Morgan fingerprint density at radius 1 is 1.07 bits per heavy atom. The molecule has 1 aliphatic heterocycles. The fourth-order valence-electron chi connectivity index (χ4n) is 3.11. The van der Waals surface area contributed by atoms with E-state index >= 15 is 0 Å². The lowest BCUT2D eigenvalue weighted by Gasteiger charge is -2.27. The number of benzene rings is 2. The summed E-state index contributed by atoms with van der Waals surface area (Å²) in [4.78, 5) is 27.5. The summed E-state index contributed by atoms with van der Waals surface area (Å²) >= 11 is 0. The third-order valence-electron chi connectivity index (χ3n) is 4.50. The molecule has 0 saturated heterocycles. The number of carbonyl (C=O) groups is 2. The van der Waals surface area contributed by atoms with Crippen molar-refractivity contribution in [2.24, 2.45) is 0 Å². The first-order chi connectivity index (χ1) is 13.2. The Hall–Kier alpha value is -3.54. The van der Waals surface area contributed by atoms with Crippen molar-refractivity contribution in [3.8, 4) is 11.5 Å². The molecular formula is C21H17NO5. The fraction of sp³-hybridized carbons (Fsp3) is 0.143. The maximum absolute atomic E-state index is 13.2. The quantitative estimate of drug-likeness (QED) is 0.664. The van der Waals surface area contributed by atoms with Crippen molar-refractivity contribution in [3.63, 3.8) is 0 Å². The van der Waals surface area contributed by atoms with Crippen molar-refractivity contribution < 1.29 is 23.5 Å². The molecule has 0 bridgehead atoms. The molecule has 1 aliphatic rings. The van der Waals surface area contributed by atoms with Crippen LogP contribution in [0.4, 0.5) is 0 Å². The van der Waals surface area contributed by atoms with Crippen molar-refractivity contribution in [1.29, 1.82) is 0 Å². The maximum atomic E-state index is 13.2. The van der Waals surface area contributed by atoms with Gasteiger partial charge >= 0.3 is 0 Å². The minimum atomic E-state index is -0.603. The summed E-state index contributed by atoms with van der Waals surface area (Å²) in [6.07, 6.45) is 1.41. The van der Waals surface area contributed by atoms with E-state index in [1.54, 1.807) is 55.6 Å². The molecule has 0 saturated carbocycles. The zero-order valence-corrected chi connectivity index (χ0v) is 14.6. The highest BCUT2D eigenvalue weighted by Crippen LogP contribution is 2.33. The van der Waals surface area contributed by atoms with E-state index in [0.717, 1.165) is 5.56 Å². The topological polar surface area (TPSA) is 69.0 Å². The number of amides is 2. The lowest BCUT2D eigenvalue weighted by Crippen LogP contribution is -2.40. The maximum Gasteiger partial charge on any atom is 0.297 e. The van der Waals surface area contributed by atoms with Gasteiger partial charge in [-0.1, -0.05) is 24.3 Å². The van der Waals surface area contributed by atoms with Crippen LogP contribution in [0.2, 0.25) is 0 Å². The van der Waals surface area contributed by atoms with Gasteiger partial charge in [-0.25, -0.2) is 0 Å². The van der Waals surface area contributed by atoms with Crippen molar-refractivity contribution in [2.45, 2.75) is 6.04 Å². The number of nitrogens with zero attached hydrogens (tertiary/aromatic N) is 1. The first-order valence-electron chi connectivity index (χ1n) is 8.46. The first-order valence-corrected chi connectivity index (χ1v) is 8.46. The lowest BCUT2D eigenvalue weighted by atomic mass is 10.0. The van der Waals surface area contributed by atoms with Gasteiger partial charge in [-0.3, -0.25) is 14.5 Å². The molecule has 0 spiro atoms. The Morgan fingerprint density at radius 3 is 2.56 bits per heavy atom. The second-order valence-electron chi connectivity index (χ2n) is 6.05. The Bertz CT molecular complexity index is 963. The predicted octanol–water partition coefficient (Wildman–Crippen LogP) is 3.70. The molecule has 2 heterocycles. The number of hydrogen-bond acceptors (Lipinski definition) is 5. The SMILES string of the molecule is COc1ccc([C@@H]2COc3ccccc3C(=O)N2C(=O)c2ccco2)cc1. The molecule has 4 rings (SSSR count). The summed E-state index contributed by atoms with van der Waals surface area (Å²) in [5, 5.41) is 0. The minimum Gasteiger partial charge on any atom is -0.497 e. The molecule has 136 valence electrons. The van der Waals surface area contributed by atoms with Gasteiger partial charge in [-0.05, 0) is 42.0 Å². The molecule has 3 aromatic rings. The molecule has 27 heavy (non-hydrogen) atoms. The lowest BCUT2D eigenvalue weighted by molar-refractivity contribution is 0.0499. The van der Waals surface area contributed by atoms with Crippen LogP contribution < -0.4 is 9.47 Å². The summed E-state index contributed by atoms with van der Waals surface area (Å²) in [5.74, 6) is 0.306. The second kappa shape index (κ2) is 6.99. The smallest absolute Gasteiger partial charge is 0.297 e. The molecule has 2 aromatic carbocycles. The van der Waals surface area contributed by atoms with Gasteiger partial charge in [0.15, 0.2) is 5.76 Å². The molecule has 0 unspecified atom stereocenters. The Labute approximate surface area is 155 Å². The standard InChI is InChI=1S/C21H17NO5/c1-25-15-10-8-14(9-11-15)17-13-27-18-6-3-2-5-16(18)20(23)22(17)21(24)19-7-4-12-26-19/h2-12,17H,13H2,1H3/t17-/m0/s1. The van der Waals surface area contributed by atoms with Crippen LogP contribution in [0, 0.1) is 0 Å². The van der Waals surface area contributed by atoms with Gasteiger partial charge in [0.2, 0.25) is 0 Å². The van der Waals surface area contributed by atoms with E-state index in [4.69, 9.17) is 13.9 Å². The number of para-hydroxylation sites is 1. The van der Waals surface area contributed by atoms with Crippen molar-refractivity contribution >= 4 is 11.8 Å². The Morgan fingerprint density at radius 2 is 1.85 bits per heavy atom. The minimum absolute atomic E-state index is 0.0984. The molecule has 0 N–H and O–H groups in total.